The third-order valence-electron chi connectivity index (χ3n) is 5.93. The van der Waals surface area contributed by atoms with Crippen molar-refractivity contribution in [3.8, 4) is 0 Å². The van der Waals surface area contributed by atoms with Gasteiger partial charge in [-0.2, -0.15) is 0 Å². The number of aliphatic imine (C=N–C) groups is 1. The van der Waals surface area contributed by atoms with Gasteiger partial charge in [0.1, 0.15) is 0 Å². The molecule has 4 rings (SSSR count). The Balaban J connectivity index is 1.50. The Kier molecular flexibility index (Phi) is 6.45. The second kappa shape index (κ2) is 9.10. The van der Waals surface area contributed by atoms with Gasteiger partial charge in [-0.1, -0.05) is 11.6 Å². The van der Waals surface area contributed by atoms with E-state index in [0.29, 0.717) is 32.0 Å². The van der Waals surface area contributed by atoms with Crippen LogP contribution in [0.4, 0.5) is 11.6 Å². The van der Waals surface area contributed by atoms with Crippen molar-refractivity contribution < 1.29 is 8.42 Å². The van der Waals surface area contributed by atoms with Crippen molar-refractivity contribution in [3.05, 3.63) is 41.2 Å². The summed E-state index contributed by atoms with van der Waals surface area (Å²) in [6.07, 6.45) is 2.17. The van der Waals surface area contributed by atoms with Crippen molar-refractivity contribution in [1.82, 2.24) is 14.9 Å². The first-order chi connectivity index (χ1) is 14.9. The fourth-order valence-electron chi connectivity index (χ4n) is 4.06. The zero-order valence-electron chi connectivity index (χ0n) is 17.6. The Bertz CT molecular complexity index is 1060. The van der Waals surface area contributed by atoms with Crippen LogP contribution in [0.15, 0.2) is 40.4 Å². The van der Waals surface area contributed by atoms with E-state index in [1.807, 2.05) is 11.0 Å². The van der Waals surface area contributed by atoms with Crippen LogP contribution in [0.1, 0.15) is 12.1 Å². The number of halogens is 1. The van der Waals surface area contributed by atoms with Crippen LogP contribution in [0.3, 0.4) is 0 Å². The zero-order chi connectivity index (χ0) is 22.0. The fraction of sp³-hybridized carbons (Fsp3) is 0.476. The van der Waals surface area contributed by atoms with E-state index < -0.39 is 15.1 Å². The number of anilines is 2. The molecule has 10 heteroatoms. The Hall–Kier alpha value is -2.23. The minimum atomic E-state index is -3.57. The van der Waals surface area contributed by atoms with Crippen LogP contribution in [-0.2, 0) is 16.4 Å². The number of hydrogen-bond acceptors (Lipinski definition) is 8. The van der Waals surface area contributed by atoms with Gasteiger partial charge in [-0.05, 0) is 44.5 Å². The Morgan fingerprint density at radius 2 is 1.94 bits per heavy atom. The van der Waals surface area contributed by atoms with Crippen molar-refractivity contribution in [1.29, 1.82) is 0 Å². The van der Waals surface area contributed by atoms with Crippen molar-refractivity contribution >= 4 is 39.8 Å². The summed E-state index contributed by atoms with van der Waals surface area (Å²) >= 11 is 6.48. The van der Waals surface area contributed by atoms with Crippen LogP contribution in [-0.4, -0.2) is 81.6 Å². The molecular formula is C21H27ClN6O2S. The first-order valence-corrected chi connectivity index (χ1v) is 12.3. The predicted molar refractivity (Wildman–Crippen MR) is 124 cm³/mol. The summed E-state index contributed by atoms with van der Waals surface area (Å²) in [5.41, 5.74) is 1.72. The summed E-state index contributed by atoms with van der Waals surface area (Å²) in [5, 5.41) is -0.269. The van der Waals surface area contributed by atoms with E-state index in [-0.39, 0.29) is 9.92 Å². The summed E-state index contributed by atoms with van der Waals surface area (Å²) in [5.74, 6) is 0.523. The van der Waals surface area contributed by atoms with Crippen LogP contribution in [0.2, 0.25) is 5.02 Å². The first-order valence-electron chi connectivity index (χ1n) is 10.3. The summed E-state index contributed by atoms with van der Waals surface area (Å²) in [4.78, 5) is 19.2. The molecule has 1 aromatic heterocycles. The van der Waals surface area contributed by atoms with Gasteiger partial charge in [-0.15, -0.1) is 0 Å². The van der Waals surface area contributed by atoms with E-state index in [1.54, 1.807) is 24.4 Å². The lowest BCUT2D eigenvalue weighted by molar-refractivity contribution is 0.313. The average molecular weight is 463 g/mol. The van der Waals surface area contributed by atoms with Crippen LogP contribution < -0.4 is 9.80 Å². The molecule has 2 aliphatic heterocycles. The third kappa shape index (κ3) is 4.68. The zero-order valence-corrected chi connectivity index (χ0v) is 19.2. The van der Waals surface area contributed by atoms with E-state index in [0.717, 1.165) is 37.6 Å². The SMILES string of the molecule is C=NCc1ccnc(N2CC[C@H](S(=O)(=O)c3ccc(N4CCN(C)CC4)cc3Cl)C2)n1. The molecule has 0 saturated carbocycles. The number of likely N-dealkylation sites (N-methyl/N-ethyl adjacent to an activating group) is 1. The molecule has 0 radical (unpaired) electrons. The summed E-state index contributed by atoms with van der Waals surface area (Å²) in [7, 11) is -1.47. The quantitative estimate of drug-likeness (QED) is 0.608. The second-order valence-corrected chi connectivity index (χ2v) is 10.6. The average Bonchev–Trinajstić information content (AvgIpc) is 3.26. The van der Waals surface area contributed by atoms with Crippen LogP contribution in [0, 0.1) is 0 Å². The smallest absolute Gasteiger partial charge is 0.225 e. The van der Waals surface area contributed by atoms with Gasteiger partial charge in [0, 0.05) is 51.2 Å². The number of benzene rings is 1. The topological polar surface area (TPSA) is 82.0 Å². The van der Waals surface area contributed by atoms with Crippen molar-refractivity contribution in [2.24, 2.45) is 4.99 Å². The standard InChI is InChI=1S/C21H27ClN6O2S/c1-23-14-16-5-7-24-21(25-16)28-8-6-18(15-28)31(29,30)20-4-3-17(13-19(20)22)27-11-9-26(2)10-12-27/h3-5,7,13,18H,1,6,8-12,14-15H2,2H3/t18-/m0/s1. The lowest BCUT2D eigenvalue weighted by atomic mass is 10.2. The molecule has 1 atom stereocenters. The highest BCUT2D eigenvalue weighted by atomic mass is 35.5. The molecule has 0 N–H and O–H groups in total. The van der Waals surface area contributed by atoms with E-state index >= 15 is 0 Å². The molecule has 2 aliphatic rings. The van der Waals surface area contributed by atoms with Crippen molar-refractivity contribution in [2.45, 2.75) is 23.1 Å². The van der Waals surface area contributed by atoms with Gasteiger partial charge in [0.25, 0.3) is 0 Å². The Morgan fingerprint density at radius 1 is 1.16 bits per heavy atom. The highest BCUT2D eigenvalue weighted by molar-refractivity contribution is 7.92. The molecule has 0 unspecified atom stereocenters. The molecule has 8 nitrogen and oxygen atoms in total. The molecule has 2 aromatic rings. The fourth-order valence-corrected chi connectivity index (χ4v) is 6.30. The minimum absolute atomic E-state index is 0.199. The Labute approximate surface area is 188 Å². The molecule has 2 fully saturated rings. The number of sulfone groups is 1. The number of nitrogens with zero attached hydrogens (tertiary/aromatic N) is 6. The largest absolute Gasteiger partial charge is 0.369 e. The van der Waals surface area contributed by atoms with Crippen molar-refractivity contribution in [2.75, 3.05) is 56.1 Å². The number of rotatable bonds is 6. The van der Waals surface area contributed by atoms with Gasteiger partial charge in [-0.25, -0.2) is 18.4 Å². The van der Waals surface area contributed by atoms with Crippen LogP contribution in [0.5, 0.6) is 0 Å². The first kappa shape index (κ1) is 22.0. The molecule has 1 aromatic carbocycles. The molecular weight excluding hydrogens is 436 g/mol. The summed E-state index contributed by atoms with van der Waals surface area (Å²) < 4.78 is 26.7. The van der Waals surface area contributed by atoms with Crippen LogP contribution in [0.25, 0.3) is 0 Å². The lowest BCUT2D eigenvalue weighted by Gasteiger charge is -2.34. The van der Waals surface area contributed by atoms with E-state index in [2.05, 4.69) is 38.5 Å². The molecule has 31 heavy (non-hydrogen) atoms. The normalized spacial score (nSPS) is 20.3. The second-order valence-electron chi connectivity index (χ2n) is 8.04. The highest BCUT2D eigenvalue weighted by Gasteiger charge is 2.36. The molecule has 0 aliphatic carbocycles. The van der Waals surface area contributed by atoms with E-state index in [9.17, 15) is 8.42 Å². The maximum absolute atomic E-state index is 13.3. The van der Waals surface area contributed by atoms with Gasteiger partial charge in [0.05, 0.1) is 27.4 Å². The van der Waals surface area contributed by atoms with E-state index in [4.69, 9.17) is 11.6 Å². The molecule has 0 bridgehead atoms. The van der Waals surface area contributed by atoms with Crippen LogP contribution >= 0.6 is 11.6 Å². The lowest BCUT2D eigenvalue weighted by Crippen LogP contribution is -2.44. The van der Waals surface area contributed by atoms with Gasteiger partial charge >= 0.3 is 0 Å². The molecule has 166 valence electrons. The number of hydrogen-bond donors (Lipinski definition) is 0. The van der Waals surface area contributed by atoms with Gasteiger partial charge in [0.15, 0.2) is 9.84 Å². The molecule has 0 spiro atoms. The maximum atomic E-state index is 13.3. The molecule has 3 heterocycles. The molecule has 2 saturated heterocycles. The summed E-state index contributed by atoms with van der Waals surface area (Å²) in [6, 6.07) is 7.08. The third-order valence-corrected chi connectivity index (χ3v) is 8.59. The van der Waals surface area contributed by atoms with Crippen molar-refractivity contribution in [3.63, 3.8) is 0 Å². The maximum Gasteiger partial charge on any atom is 0.225 e. The van der Waals surface area contributed by atoms with Gasteiger partial charge < -0.3 is 14.7 Å². The minimum Gasteiger partial charge on any atom is -0.369 e. The number of aromatic nitrogens is 2. The predicted octanol–water partition coefficient (Wildman–Crippen LogP) is 2.13. The van der Waals surface area contributed by atoms with Gasteiger partial charge in [0.2, 0.25) is 5.95 Å². The highest BCUT2D eigenvalue weighted by Crippen LogP contribution is 2.33. The van der Waals surface area contributed by atoms with Gasteiger partial charge in [-0.3, -0.25) is 4.99 Å². The Morgan fingerprint density at radius 3 is 2.65 bits per heavy atom. The van der Waals surface area contributed by atoms with E-state index in [1.165, 1.54) is 0 Å². The molecule has 0 amide bonds. The number of piperazine rings is 1. The monoisotopic (exact) mass is 462 g/mol. The summed E-state index contributed by atoms with van der Waals surface area (Å²) in [6.45, 7) is 8.55.